The molecule has 1 unspecified atom stereocenters. The molecule has 0 saturated heterocycles. The number of amides is 2. The molecule has 2 amide bonds. The van der Waals surface area contributed by atoms with E-state index in [0.717, 1.165) is 12.1 Å². The Morgan fingerprint density at radius 2 is 1.91 bits per heavy atom. The van der Waals surface area contributed by atoms with E-state index >= 15 is 0 Å². The van der Waals surface area contributed by atoms with Gasteiger partial charge in [-0.1, -0.05) is 6.07 Å². The summed E-state index contributed by atoms with van der Waals surface area (Å²) < 4.78 is 26.3. The number of hydrogen-bond donors (Lipinski definition) is 3. The van der Waals surface area contributed by atoms with Crippen molar-refractivity contribution in [3.05, 3.63) is 65.2 Å². The van der Waals surface area contributed by atoms with Gasteiger partial charge >= 0.3 is 6.03 Å². The second-order valence-electron chi connectivity index (χ2n) is 4.71. The van der Waals surface area contributed by atoms with Gasteiger partial charge in [0.2, 0.25) is 0 Å². The fourth-order valence-electron chi connectivity index (χ4n) is 1.87. The Hall–Kier alpha value is -2.98. The van der Waals surface area contributed by atoms with Crippen LogP contribution in [0.3, 0.4) is 0 Å². The first-order valence-corrected chi connectivity index (χ1v) is 6.67. The molecular weight excluding hydrogens is 304 g/mol. The fraction of sp³-hybridized carbons (Fsp3) is 0.125. The summed E-state index contributed by atoms with van der Waals surface area (Å²) in [7, 11) is 0. The molecule has 0 saturated carbocycles. The highest BCUT2D eigenvalue weighted by atomic mass is 19.1. The average Bonchev–Trinajstić information content (AvgIpc) is 2.53. The van der Waals surface area contributed by atoms with Crippen molar-refractivity contribution in [2.24, 2.45) is 0 Å². The quantitative estimate of drug-likeness (QED) is 0.810. The Labute approximate surface area is 131 Å². The van der Waals surface area contributed by atoms with E-state index in [-0.39, 0.29) is 12.1 Å². The topological polar surface area (TPSA) is 85.2 Å². The number of anilines is 1. The number of aliphatic hydroxyl groups is 1. The summed E-state index contributed by atoms with van der Waals surface area (Å²) in [5.41, 5.74) is 0.812. The van der Waals surface area contributed by atoms with Crippen LogP contribution in [0.4, 0.5) is 19.3 Å². The third-order valence-corrected chi connectivity index (χ3v) is 3.05. The molecule has 2 aromatic carbocycles. The number of urea groups is 1. The molecule has 0 heterocycles. The van der Waals surface area contributed by atoms with Gasteiger partial charge in [-0.15, -0.1) is 0 Å². The van der Waals surface area contributed by atoms with Gasteiger partial charge in [0.25, 0.3) is 0 Å². The van der Waals surface area contributed by atoms with E-state index in [2.05, 4.69) is 10.6 Å². The SMILES string of the molecule is N#Cc1ccc(NC(=O)NCC(O)c2ccc(F)cc2F)cc1. The largest absolute Gasteiger partial charge is 0.386 e. The highest BCUT2D eigenvalue weighted by Gasteiger charge is 2.14. The highest BCUT2D eigenvalue weighted by Crippen LogP contribution is 2.17. The summed E-state index contributed by atoms with van der Waals surface area (Å²) in [5, 5.41) is 23.4. The molecule has 118 valence electrons. The minimum atomic E-state index is -1.30. The van der Waals surface area contributed by atoms with Gasteiger partial charge in [0.05, 0.1) is 17.7 Å². The summed E-state index contributed by atoms with van der Waals surface area (Å²) in [6.07, 6.45) is -1.30. The first kappa shape index (κ1) is 16.4. The summed E-state index contributed by atoms with van der Waals surface area (Å²) in [6.45, 7) is -0.245. The Morgan fingerprint density at radius 1 is 1.22 bits per heavy atom. The molecule has 0 aliphatic rings. The molecule has 7 heteroatoms. The van der Waals surface area contributed by atoms with E-state index in [9.17, 15) is 18.7 Å². The fourth-order valence-corrected chi connectivity index (χ4v) is 1.87. The van der Waals surface area contributed by atoms with Crippen LogP contribution < -0.4 is 10.6 Å². The summed E-state index contributed by atoms with van der Waals surface area (Å²) in [5.74, 6) is -1.63. The Morgan fingerprint density at radius 3 is 2.52 bits per heavy atom. The number of hydrogen-bond acceptors (Lipinski definition) is 3. The maximum Gasteiger partial charge on any atom is 0.319 e. The predicted octanol–water partition coefficient (Wildman–Crippen LogP) is 2.69. The minimum Gasteiger partial charge on any atom is -0.386 e. The van der Waals surface area contributed by atoms with Crippen LogP contribution in [0.1, 0.15) is 17.2 Å². The van der Waals surface area contributed by atoms with E-state index in [4.69, 9.17) is 5.26 Å². The van der Waals surface area contributed by atoms with Crippen molar-refractivity contribution in [3.63, 3.8) is 0 Å². The number of nitrogens with one attached hydrogen (secondary N) is 2. The van der Waals surface area contributed by atoms with Crippen LogP contribution in [-0.2, 0) is 0 Å². The lowest BCUT2D eigenvalue weighted by atomic mass is 10.1. The highest BCUT2D eigenvalue weighted by molar-refractivity contribution is 5.89. The molecule has 0 aromatic heterocycles. The first-order valence-electron chi connectivity index (χ1n) is 6.67. The van der Waals surface area contributed by atoms with E-state index in [1.807, 2.05) is 6.07 Å². The van der Waals surface area contributed by atoms with Crippen molar-refractivity contribution in [2.75, 3.05) is 11.9 Å². The number of nitrogens with zero attached hydrogens (tertiary/aromatic N) is 1. The van der Waals surface area contributed by atoms with E-state index in [1.54, 1.807) is 24.3 Å². The normalized spacial score (nSPS) is 11.4. The van der Waals surface area contributed by atoms with Crippen molar-refractivity contribution in [2.45, 2.75) is 6.10 Å². The van der Waals surface area contributed by atoms with Crippen LogP contribution >= 0.6 is 0 Å². The molecule has 1 atom stereocenters. The van der Waals surface area contributed by atoms with Gasteiger partial charge in [0.1, 0.15) is 11.6 Å². The molecule has 0 aliphatic carbocycles. The lowest BCUT2D eigenvalue weighted by Gasteiger charge is -2.13. The van der Waals surface area contributed by atoms with Crippen molar-refractivity contribution < 1.29 is 18.7 Å². The van der Waals surface area contributed by atoms with Crippen molar-refractivity contribution in [1.82, 2.24) is 5.32 Å². The maximum absolute atomic E-state index is 13.5. The predicted molar refractivity (Wildman–Crippen MR) is 79.5 cm³/mol. The monoisotopic (exact) mass is 317 g/mol. The number of halogens is 2. The van der Waals surface area contributed by atoms with Gasteiger partial charge in [-0.25, -0.2) is 13.6 Å². The molecule has 0 bridgehead atoms. The molecule has 0 spiro atoms. The van der Waals surface area contributed by atoms with Crippen LogP contribution in [0.5, 0.6) is 0 Å². The van der Waals surface area contributed by atoms with Gasteiger partial charge in [-0.05, 0) is 30.3 Å². The molecule has 0 aliphatic heterocycles. The second-order valence-corrected chi connectivity index (χ2v) is 4.71. The average molecular weight is 317 g/mol. The van der Waals surface area contributed by atoms with Gasteiger partial charge in [-0.2, -0.15) is 5.26 Å². The second kappa shape index (κ2) is 7.33. The zero-order chi connectivity index (χ0) is 16.8. The molecular formula is C16H13F2N3O2. The van der Waals surface area contributed by atoms with Crippen LogP contribution in [0.15, 0.2) is 42.5 Å². The molecule has 0 fully saturated rings. The molecule has 0 radical (unpaired) electrons. The third-order valence-electron chi connectivity index (χ3n) is 3.05. The number of aliphatic hydroxyl groups excluding tert-OH is 1. The summed E-state index contributed by atoms with van der Waals surface area (Å²) >= 11 is 0. The molecule has 2 rings (SSSR count). The third kappa shape index (κ3) is 4.49. The van der Waals surface area contributed by atoms with Crippen LogP contribution in [-0.4, -0.2) is 17.7 Å². The van der Waals surface area contributed by atoms with Crippen LogP contribution in [0, 0.1) is 23.0 Å². The van der Waals surface area contributed by atoms with Crippen LogP contribution in [0.25, 0.3) is 0 Å². The van der Waals surface area contributed by atoms with E-state index in [0.29, 0.717) is 17.3 Å². The Bertz CT molecular complexity index is 742. The number of carbonyl (C=O) groups excluding carboxylic acids is 1. The van der Waals surface area contributed by atoms with Crippen molar-refractivity contribution in [1.29, 1.82) is 5.26 Å². The van der Waals surface area contributed by atoms with Gasteiger partial charge in [0, 0.05) is 23.9 Å². The zero-order valence-corrected chi connectivity index (χ0v) is 11.9. The number of benzene rings is 2. The summed E-state index contributed by atoms with van der Waals surface area (Å²) in [6, 6.07) is 10.3. The lowest BCUT2D eigenvalue weighted by molar-refractivity contribution is 0.170. The molecule has 2 aromatic rings. The standard InChI is InChI=1S/C16H13F2N3O2/c17-11-3-6-13(14(18)7-11)15(22)9-20-16(23)21-12-4-1-10(8-19)2-5-12/h1-7,15,22H,9H2,(H2,20,21,23). The summed E-state index contributed by atoms with van der Waals surface area (Å²) in [4.78, 5) is 11.7. The molecule has 5 nitrogen and oxygen atoms in total. The van der Waals surface area contributed by atoms with Crippen molar-refractivity contribution in [3.8, 4) is 6.07 Å². The van der Waals surface area contributed by atoms with Gasteiger partial charge in [0.15, 0.2) is 0 Å². The van der Waals surface area contributed by atoms with Crippen LogP contribution in [0.2, 0.25) is 0 Å². The number of nitriles is 1. The number of rotatable bonds is 4. The Kier molecular flexibility index (Phi) is 5.23. The van der Waals surface area contributed by atoms with E-state index < -0.39 is 23.8 Å². The zero-order valence-electron chi connectivity index (χ0n) is 11.9. The molecule has 23 heavy (non-hydrogen) atoms. The number of carbonyl (C=O) groups is 1. The minimum absolute atomic E-state index is 0.106. The van der Waals surface area contributed by atoms with Gasteiger partial charge < -0.3 is 15.7 Å². The first-order chi connectivity index (χ1) is 11.0. The molecule has 3 N–H and O–H groups in total. The Balaban J connectivity index is 1.89. The smallest absolute Gasteiger partial charge is 0.319 e. The van der Waals surface area contributed by atoms with E-state index in [1.165, 1.54) is 0 Å². The maximum atomic E-state index is 13.5. The van der Waals surface area contributed by atoms with Gasteiger partial charge in [-0.3, -0.25) is 0 Å². The lowest BCUT2D eigenvalue weighted by Crippen LogP contribution is -2.32. The van der Waals surface area contributed by atoms with Crippen molar-refractivity contribution >= 4 is 11.7 Å².